The Labute approximate surface area is 185 Å². The minimum atomic E-state index is -3.48. The van der Waals surface area contributed by atoms with Crippen molar-refractivity contribution in [3.63, 3.8) is 0 Å². The molecule has 4 nitrogen and oxygen atoms in total. The number of benzene rings is 2. The van der Waals surface area contributed by atoms with E-state index in [2.05, 4.69) is 5.32 Å². The zero-order valence-corrected chi connectivity index (χ0v) is 18.0. The summed E-state index contributed by atoms with van der Waals surface area (Å²) in [7, 11) is 0. The summed E-state index contributed by atoms with van der Waals surface area (Å²) in [6.07, 6.45) is 3.57. The lowest BCUT2D eigenvalue weighted by Crippen LogP contribution is -2.52. The van der Waals surface area contributed by atoms with Gasteiger partial charge in [0.2, 0.25) is 5.91 Å². The fourth-order valence-electron chi connectivity index (χ4n) is 4.52. The SMILES string of the molecule is CC(F)(F)C(=O)N[C@H]1CCN(C(=O)C2CCC2)[C@H]1Cc1cccc(-c2cccc(F)c2)c1. The number of hydrogen-bond acceptors (Lipinski definition) is 2. The first kappa shape index (κ1) is 22.4. The summed E-state index contributed by atoms with van der Waals surface area (Å²) in [6.45, 7) is 1.01. The first-order valence-corrected chi connectivity index (χ1v) is 11.1. The molecule has 1 aliphatic heterocycles. The number of carbonyl (C=O) groups is 2. The smallest absolute Gasteiger partial charge is 0.321 e. The summed E-state index contributed by atoms with van der Waals surface area (Å²) < 4.78 is 40.7. The summed E-state index contributed by atoms with van der Waals surface area (Å²) in [5, 5.41) is 2.47. The number of carbonyl (C=O) groups excluding carboxylic acids is 2. The van der Waals surface area contributed by atoms with Crippen molar-refractivity contribution in [1.82, 2.24) is 10.2 Å². The molecule has 2 aromatic rings. The first-order valence-electron chi connectivity index (χ1n) is 11.1. The van der Waals surface area contributed by atoms with E-state index in [0.717, 1.165) is 36.0 Å². The van der Waals surface area contributed by atoms with E-state index in [0.29, 0.717) is 26.3 Å². The molecular formula is C25H27F3N2O2. The summed E-state index contributed by atoms with van der Waals surface area (Å²) in [5.74, 6) is -5.10. The third-order valence-corrected chi connectivity index (χ3v) is 6.53. The van der Waals surface area contributed by atoms with Crippen molar-refractivity contribution >= 4 is 11.8 Å². The van der Waals surface area contributed by atoms with E-state index in [1.165, 1.54) is 12.1 Å². The molecule has 2 aromatic carbocycles. The maximum absolute atomic E-state index is 13.7. The third kappa shape index (κ3) is 4.81. The van der Waals surface area contributed by atoms with Crippen LogP contribution in [-0.4, -0.2) is 41.3 Å². The van der Waals surface area contributed by atoms with Crippen molar-refractivity contribution in [2.45, 2.75) is 57.0 Å². The Hall–Kier alpha value is -2.83. The molecule has 2 fully saturated rings. The number of nitrogens with zero attached hydrogens (tertiary/aromatic N) is 1. The van der Waals surface area contributed by atoms with Gasteiger partial charge in [0.1, 0.15) is 5.82 Å². The van der Waals surface area contributed by atoms with Crippen molar-refractivity contribution in [2.24, 2.45) is 5.92 Å². The lowest BCUT2D eigenvalue weighted by molar-refractivity contribution is -0.145. The van der Waals surface area contributed by atoms with Gasteiger partial charge in [-0.25, -0.2) is 4.39 Å². The minimum absolute atomic E-state index is 0.0156. The zero-order chi connectivity index (χ0) is 22.9. The van der Waals surface area contributed by atoms with Crippen LogP contribution in [0.25, 0.3) is 11.1 Å². The fourth-order valence-corrected chi connectivity index (χ4v) is 4.52. The van der Waals surface area contributed by atoms with E-state index in [-0.39, 0.29) is 17.6 Å². The second kappa shape index (κ2) is 8.96. The van der Waals surface area contributed by atoms with E-state index in [1.807, 2.05) is 30.3 Å². The Morgan fingerprint density at radius 1 is 1.06 bits per heavy atom. The predicted molar refractivity (Wildman–Crippen MR) is 116 cm³/mol. The molecule has 1 heterocycles. The van der Waals surface area contributed by atoms with Crippen molar-refractivity contribution in [2.75, 3.05) is 6.54 Å². The average Bonchev–Trinajstić information content (AvgIpc) is 3.08. The van der Waals surface area contributed by atoms with Gasteiger partial charge in [-0.05, 0) is 54.5 Å². The molecule has 0 unspecified atom stereocenters. The predicted octanol–water partition coefficient (Wildman–Crippen LogP) is 4.58. The summed E-state index contributed by atoms with van der Waals surface area (Å²) >= 11 is 0. The fraction of sp³-hybridized carbons (Fsp3) is 0.440. The van der Waals surface area contributed by atoms with Gasteiger partial charge in [0.25, 0.3) is 5.91 Å². The quantitative estimate of drug-likeness (QED) is 0.709. The second-order valence-electron chi connectivity index (χ2n) is 8.90. The highest BCUT2D eigenvalue weighted by Gasteiger charge is 2.43. The van der Waals surface area contributed by atoms with E-state index < -0.39 is 23.9 Å². The molecule has 170 valence electrons. The first-order chi connectivity index (χ1) is 15.2. The topological polar surface area (TPSA) is 49.4 Å². The van der Waals surface area contributed by atoms with Crippen LogP contribution in [0.1, 0.15) is 38.2 Å². The Bertz CT molecular complexity index is 1000. The Kier molecular flexibility index (Phi) is 6.26. The Balaban J connectivity index is 1.58. The number of nitrogens with one attached hydrogen (secondary N) is 1. The standard InChI is InChI=1S/C25H27F3N2O2/c1-25(27,28)24(32)29-21-11-12-30(23(31)17-6-3-7-17)22(21)14-16-5-2-8-18(13-16)19-9-4-10-20(26)15-19/h2,4-5,8-10,13,15,17,21-22H,3,6-7,11-12,14H2,1H3,(H,29,32)/t21-,22-/m0/s1. The molecule has 0 aromatic heterocycles. The molecule has 4 rings (SSSR count). The van der Waals surface area contributed by atoms with Crippen LogP contribution < -0.4 is 5.32 Å². The number of rotatable bonds is 6. The van der Waals surface area contributed by atoms with Gasteiger partial charge in [-0.3, -0.25) is 9.59 Å². The molecular weight excluding hydrogens is 417 g/mol. The lowest BCUT2D eigenvalue weighted by Gasteiger charge is -2.34. The second-order valence-corrected chi connectivity index (χ2v) is 8.90. The van der Waals surface area contributed by atoms with Gasteiger partial charge in [-0.15, -0.1) is 0 Å². The normalized spacial score (nSPS) is 21.3. The van der Waals surface area contributed by atoms with Crippen LogP contribution in [0.2, 0.25) is 0 Å². The van der Waals surface area contributed by atoms with Crippen molar-refractivity contribution < 1.29 is 22.8 Å². The molecule has 1 aliphatic carbocycles. The molecule has 0 spiro atoms. The minimum Gasteiger partial charge on any atom is -0.346 e. The van der Waals surface area contributed by atoms with Crippen molar-refractivity contribution in [3.05, 3.63) is 59.9 Å². The number of alkyl halides is 2. The van der Waals surface area contributed by atoms with Crippen LogP contribution in [0, 0.1) is 11.7 Å². The molecule has 1 saturated heterocycles. The molecule has 0 radical (unpaired) electrons. The van der Waals surface area contributed by atoms with Gasteiger partial charge >= 0.3 is 5.92 Å². The maximum atomic E-state index is 13.7. The number of amides is 2. The zero-order valence-electron chi connectivity index (χ0n) is 18.0. The highest BCUT2D eigenvalue weighted by Crippen LogP contribution is 2.33. The molecule has 1 N–H and O–H groups in total. The summed E-state index contributed by atoms with van der Waals surface area (Å²) in [5.41, 5.74) is 2.46. The average molecular weight is 444 g/mol. The molecule has 1 saturated carbocycles. The van der Waals surface area contributed by atoms with Gasteiger partial charge in [-0.1, -0.05) is 42.8 Å². The maximum Gasteiger partial charge on any atom is 0.321 e. The summed E-state index contributed by atoms with van der Waals surface area (Å²) in [6, 6.07) is 12.9. The van der Waals surface area contributed by atoms with Crippen molar-refractivity contribution in [3.8, 4) is 11.1 Å². The van der Waals surface area contributed by atoms with Crippen LogP contribution in [0.3, 0.4) is 0 Å². The van der Waals surface area contributed by atoms with E-state index in [4.69, 9.17) is 0 Å². The van der Waals surface area contributed by atoms with Gasteiger partial charge in [0, 0.05) is 19.4 Å². The van der Waals surface area contributed by atoms with E-state index in [9.17, 15) is 22.8 Å². The lowest BCUT2D eigenvalue weighted by atomic mass is 9.84. The molecule has 2 amide bonds. The molecule has 7 heteroatoms. The van der Waals surface area contributed by atoms with E-state index in [1.54, 1.807) is 11.0 Å². The van der Waals surface area contributed by atoms with Gasteiger partial charge < -0.3 is 10.2 Å². The number of halogens is 3. The van der Waals surface area contributed by atoms with Crippen LogP contribution in [-0.2, 0) is 16.0 Å². The Morgan fingerprint density at radius 2 is 1.75 bits per heavy atom. The monoisotopic (exact) mass is 444 g/mol. The Morgan fingerprint density at radius 3 is 2.38 bits per heavy atom. The molecule has 0 bridgehead atoms. The van der Waals surface area contributed by atoms with Crippen LogP contribution in [0.4, 0.5) is 13.2 Å². The molecule has 32 heavy (non-hydrogen) atoms. The van der Waals surface area contributed by atoms with Gasteiger partial charge in [0.15, 0.2) is 0 Å². The van der Waals surface area contributed by atoms with Crippen molar-refractivity contribution in [1.29, 1.82) is 0 Å². The number of hydrogen-bond donors (Lipinski definition) is 1. The highest BCUT2D eigenvalue weighted by atomic mass is 19.3. The van der Waals surface area contributed by atoms with Crippen LogP contribution >= 0.6 is 0 Å². The molecule has 2 atom stereocenters. The van der Waals surface area contributed by atoms with Crippen LogP contribution in [0.5, 0.6) is 0 Å². The van der Waals surface area contributed by atoms with Crippen LogP contribution in [0.15, 0.2) is 48.5 Å². The largest absolute Gasteiger partial charge is 0.346 e. The third-order valence-electron chi connectivity index (χ3n) is 6.53. The number of likely N-dealkylation sites (tertiary alicyclic amines) is 1. The van der Waals surface area contributed by atoms with Gasteiger partial charge in [0.05, 0.1) is 12.1 Å². The van der Waals surface area contributed by atoms with E-state index >= 15 is 0 Å². The summed E-state index contributed by atoms with van der Waals surface area (Å²) in [4.78, 5) is 26.7. The highest BCUT2D eigenvalue weighted by molar-refractivity contribution is 5.84. The molecule has 2 aliphatic rings. The van der Waals surface area contributed by atoms with Gasteiger partial charge in [-0.2, -0.15) is 8.78 Å².